The molecule has 1 aromatic carbocycles. The molecule has 5 heteroatoms. The topological polar surface area (TPSA) is 49.9 Å². The highest BCUT2D eigenvalue weighted by molar-refractivity contribution is 9.10. The maximum absolute atomic E-state index is 11.9. The third-order valence-corrected chi connectivity index (χ3v) is 5.64. The summed E-state index contributed by atoms with van der Waals surface area (Å²) < 4.78 is 24.7. The van der Waals surface area contributed by atoms with Gasteiger partial charge in [0.25, 0.3) is 0 Å². The molecular weight excluding hydrogens is 302 g/mol. The molecule has 3 nitrogen and oxygen atoms in total. The van der Waals surface area contributed by atoms with Crippen LogP contribution in [0.25, 0.3) is 10.9 Å². The summed E-state index contributed by atoms with van der Waals surface area (Å²) in [6.45, 7) is 3.42. The molecule has 1 N–H and O–H groups in total. The number of sulfone groups is 1. The van der Waals surface area contributed by atoms with Gasteiger partial charge in [-0.2, -0.15) is 0 Å². The molecule has 92 valence electrons. The van der Waals surface area contributed by atoms with Crippen LogP contribution >= 0.6 is 15.9 Å². The van der Waals surface area contributed by atoms with Crippen molar-refractivity contribution < 1.29 is 8.42 Å². The number of fused-ring (bicyclic) bond motifs is 1. The maximum Gasteiger partial charge on any atom is 0.156 e. The van der Waals surface area contributed by atoms with Gasteiger partial charge in [-0.15, -0.1) is 0 Å². The molecule has 0 amide bonds. The van der Waals surface area contributed by atoms with Gasteiger partial charge in [0.2, 0.25) is 0 Å². The van der Waals surface area contributed by atoms with Crippen LogP contribution in [-0.4, -0.2) is 18.7 Å². The quantitative estimate of drug-likeness (QED) is 0.945. The molecule has 2 rings (SSSR count). The van der Waals surface area contributed by atoms with Gasteiger partial charge in [0.1, 0.15) is 0 Å². The highest BCUT2D eigenvalue weighted by Crippen LogP contribution is 2.27. The fourth-order valence-electron chi connectivity index (χ4n) is 1.68. The lowest BCUT2D eigenvalue weighted by atomic mass is 10.2. The number of H-pyrrole nitrogens is 1. The van der Waals surface area contributed by atoms with Gasteiger partial charge in [0.15, 0.2) is 9.84 Å². The van der Waals surface area contributed by atoms with Crippen molar-refractivity contribution in [3.8, 4) is 0 Å². The molecule has 0 fully saturated rings. The summed E-state index contributed by atoms with van der Waals surface area (Å²) in [7, 11) is -3.06. The zero-order chi connectivity index (χ0) is 12.6. The standard InChI is InChI=1S/C12H14BrNO2S/c1-8(2)17(15,16)7-9-6-14-12-10(9)4-3-5-11(12)13/h3-6,8,14H,7H2,1-2H3. The predicted molar refractivity (Wildman–Crippen MR) is 73.8 cm³/mol. The van der Waals surface area contributed by atoms with Crippen LogP contribution in [-0.2, 0) is 15.6 Å². The van der Waals surface area contributed by atoms with Crippen molar-refractivity contribution in [2.45, 2.75) is 24.9 Å². The molecule has 0 saturated carbocycles. The first kappa shape index (κ1) is 12.6. The molecule has 0 bridgehead atoms. The number of nitrogens with one attached hydrogen (secondary N) is 1. The number of halogens is 1. The molecule has 0 radical (unpaired) electrons. The second-order valence-corrected chi connectivity index (χ2v) is 7.74. The second-order valence-electron chi connectivity index (χ2n) is 4.33. The van der Waals surface area contributed by atoms with E-state index in [4.69, 9.17) is 0 Å². The Labute approximate surface area is 109 Å². The van der Waals surface area contributed by atoms with Gasteiger partial charge >= 0.3 is 0 Å². The number of para-hydroxylation sites is 1. The van der Waals surface area contributed by atoms with Crippen LogP contribution in [0.2, 0.25) is 0 Å². The summed E-state index contributed by atoms with van der Waals surface area (Å²) in [6, 6.07) is 5.77. The van der Waals surface area contributed by atoms with Crippen LogP contribution in [0.15, 0.2) is 28.9 Å². The molecule has 0 aliphatic carbocycles. The zero-order valence-electron chi connectivity index (χ0n) is 9.70. The Morgan fingerprint density at radius 2 is 2.06 bits per heavy atom. The highest BCUT2D eigenvalue weighted by atomic mass is 79.9. The zero-order valence-corrected chi connectivity index (χ0v) is 12.1. The molecule has 0 unspecified atom stereocenters. The molecule has 0 aliphatic heterocycles. The molecule has 0 saturated heterocycles. The Balaban J connectivity index is 2.48. The number of rotatable bonds is 3. The van der Waals surface area contributed by atoms with Crippen molar-refractivity contribution in [1.82, 2.24) is 4.98 Å². The summed E-state index contributed by atoms with van der Waals surface area (Å²) in [5.41, 5.74) is 1.77. The Morgan fingerprint density at radius 3 is 2.71 bits per heavy atom. The molecule has 0 aliphatic rings. The van der Waals surface area contributed by atoms with Gasteiger partial charge in [-0.3, -0.25) is 0 Å². The molecule has 1 heterocycles. The molecule has 17 heavy (non-hydrogen) atoms. The van der Waals surface area contributed by atoms with E-state index < -0.39 is 9.84 Å². The largest absolute Gasteiger partial charge is 0.360 e. The van der Waals surface area contributed by atoms with Crippen molar-refractivity contribution in [3.63, 3.8) is 0 Å². The van der Waals surface area contributed by atoms with Gasteiger partial charge in [0, 0.05) is 16.1 Å². The van der Waals surface area contributed by atoms with Crippen LogP contribution in [0, 0.1) is 0 Å². The first-order valence-corrected chi connectivity index (χ1v) is 7.88. The molecule has 0 spiro atoms. The predicted octanol–water partition coefficient (Wildman–Crippen LogP) is 3.25. The minimum absolute atomic E-state index is 0.0844. The molecule has 2 aromatic rings. The minimum Gasteiger partial charge on any atom is -0.360 e. The van der Waals surface area contributed by atoms with Crippen molar-refractivity contribution in [1.29, 1.82) is 0 Å². The van der Waals surface area contributed by atoms with Gasteiger partial charge in [-0.25, -0.2) is 8.42 Å². The van der Waals surface area contributed by atoms with E-state index in [0.29, 0.717) is 0 Å². The van der Waals surface area contributed by atoms with E-state index >= 15 is 0 Å². The average molecular weight is 316 g/mol. The lowest BCUT2D eigenvalue weighted by Gasteiger charge is -2.06. The van der Waals surface area contributed by atoms with Gasteiger partial charge in [0.05, 0.1) is 16.5 Å². The summed E-state index contributed by atoms with van der Waals surface area (Å²) in [4.78, 5) is 3.11. The lowest BCUT2D eigenvalue weighted by Crippen LogP contribution is -2.15. The normalized spacial score (nSPS) is 12.5. The first-order chi connectivity index (χ1) is 7.92. The van der Waals surface area contributed by atoms with Crippen molar-refractivity contribution in [3.05, 3.63) is 34.4 Å². The van der Waals surface area contributed by atoms with Crippen molar-refractivity contribution in [2.24, 2.45) is 0 Å². The van der Waals surface area contributed by atoms with Crippen LogP contribution in [0.5, 0.6) is 0 Å². The number of aromatic amines is 1. The van der Waals surface area contributed by atoms with Crippen LogP contribution in [0.1, 0.15) is 19.4 Å². The Kier molecular flexibility index (Phi) is 3.32. The van der Waals surface area contributed by atoms with E-state index in [1.54, 1.807) is 20.0 Å². The second kappa shape index (κ2) is 4.46. The lowest BCUT2D eigenvalue weighted by molar-refractivity contribution is 0.586. The van der Waals surface area contributed by atoms with Crippen LogP contribution in [0.4, 0.5) is 0 Å². The highest BCUT2D eigenvalue weighted by Gasteiger charge is 2.19. The van der Waals surface area contributed by atoms with Crippen molar-refractivity contribution >= 4 is 36.7 Å². The number of benzene rings is 1. The SMILES string of the molecule is CC(C)S(=O)(=O)Cc1c[nH]c2c(Br)cccc12. The van der Waals surface area contributed by atoms with Gasteiger partial charge < -0.3 is 4.98 Å². The third kappa shape index (κ3) is 2.40. The van der Waals surface area contributed by atoms with E-state index in [1.165, 1.54) is 0 Å². The minimum atomic E-state index is -3.06. The summed E-state index contributed by atoms with van der Waals surface area (Å²) in [6.07, 6.45) is 1.77. The van der Waals surface area contributed by atoms with Crippen LogP contribution < -0.4 is 0 Å². The number of hydrogen-bond donors (Lipinski definition) is 1. The number of hydrogen-bond acceptors (Lipinski definition) is 2. The van der Waals surface area contributed by atoms with E-state index in [-0.39, 0.29) is 11.0 Å². The number of aromatic nitrogens is 1. The molecular formula is C12H14BrNO2S. The summed E-state index contributed by atoms with van der Waals surface area (Å²) >= 11 is 3.44. The van der Waals surface area contributed by atoms with Crippen LogP contribution in [0.3, 0.4) is 0 Å². The smallest absolute Gasteiger partial charge is 0.156 e. The fraction of sp³-hybridized carbons (Fsp3) is 0.333. The van der Waals surface area contributed by atoms with E-state index in [2.05, 4.69) is 20.9 Å². The van der Waals surface area contributed by atoms with E-state index in [1.807, 2.05) is 18.2 Å². The Bertz CT molecular complexity index is 644. The maximum atomic E-state index is 11.9. The van der Waals surface area contributed by atoms with E-state index in [9.17, 15) is 8.42 Å². The first-order valence-electron chi connectivity index (χ1n) is 5.38. The third-order valence-electron chi connectivity index (χ3n) is 2.83. The van der Waals surface area contributed by atoms with Crippen molar-refractivity contribution in [2.75, 3.05) is 0 Å². The molecule has 0 atom stereocenters. The molecule has 1 aromatic heterocycles. The Hall–Kier alpha value is -0.810. The average Bonchev–Trinajstić information content (AvgIpc) is 2.62. The summed E-state index contributed by atoms with van der Waals surface area (Å²) in [5, 5.41) is 0.614. The monoisotopic (exact) mass is 315 g/mol. The summed E-state index contributed by atoms with van der Waals surface area (Å²) in [5.74, 6) is 0.0844. The van der Waals surface area contributed by atoms with E-state index in [0.717, 1.165) is 20.9 Å². The van der Waals surface area contributed by atoms with Gasteiger partial charge in [-0.05, 0) is 41.4 Å². The Morgan fingerprint density at radius 1 is 1.35 bits per heavy atom. The van der Waals surface area contributed by atoms with Gasteiger partial charge in [-0.1, -0.05) is 12.1 Å². The fourth-order valence-corrected chi connectivity index (χ4v) is 3.16.